The van der Waals surface area contributed by atoms with Gasteiger partial charge in [-0.25, -0.2) is 9.97 Å². The van der Waals surface area contributed by atoms with Gasteiger partial charge in [-0.05, 0) is 23.3 Å². The second-order valence-corrected chi connectivity index (χ2v) is 6.94. The van der Waals surface area contributed by atoms with Gasteiger partial charge in [0, 0.05) is 42.7 Å². The minimum Gasteiger partial charge on any atom is -0.440 e. The van der Waals surface area contributed by atoms with Crippen LogP contribution in [0.1, 0.15) is 0 Å². The summed E-state index contributed by atoms with van der Waals surface area (Å²) >= 11 is 0. The van der Waals surface area contributed by atoms with Crippen molar-refractivity contribution in [3.63, 3.8) is 0 Å². The fourth-order valence-electron chi connectivity index (χ4n) is 3.65. The Morgan fingerprint density at radius 1 is 0.862 bits per heavy atom. The van der Waals surface area contributed by atoms with Crippen molar-refractivity contribution >= 4 is 16.9 Å². The van der Waals surface area contributed by atoms with Crippen LogP contribution in [0.5, 0.6) is 0 Å². The van der Waals surface area contributed by atoms with Crippen molar-refractivity contribution in [2.24, 2.45) is 0 Å². The second-order valence-electron chi connectivity index (χ2n) is 6.94. The minimum absolute atomic E-state index is 0.0396. The van der Waals surface area contributed by atoms with Crippen LogP contribution in [0.25, 0.3) is 33.2 Å². The molecular formula is C23H19N3O3. The highest BCUT2D eigenvalue weighted by Gasteiger charge is 2.17. The van der Waals surface area contributed by atoms with Gasteiger partial charge in [-0.2, -0.15) is 0 Å². The molecule has 5 rings (SSSR count). The molecule has 0 saturated carbocycles. The molecule has 0 N–H and O–H groups in total. The Morgan fingerprint density at radius 2 is 1.62 bits per heavy atom. The highest BCUT2D eigenvalue weighted by atomic mass is 16.5. The second kappa shape index (κ2) is 7.48. The highest BCUT2D eigenvalue weighted by Crippen LogP contribution is 2.32. The lowest BCUT2D eigenvalue weighted by Crippen LogP contribution is -2.36. The fourth-order valence-corrected chi connectivity index (χ4v) is 3.65. The normalized spacial score (nSPS) is 14.3. The van der Waals surface area contributed by atoms with Crippen LogP contribution in [0, 0.1) is 0 Å². The molecule has 144 valence electrons. The summed E-state index contributed by atoms with van der Waals surface area (Å²) in [6.07, 6.45) is 5.08. The van der Waals surface area contributed by atoms with E-state index in [2.05, 4.69) is 20.9 Å². The summed E-state index contributed by atoms with van der Waals surface area (Å²) in [5.74, 6) is 0.589. The third-order valence-electron chi connectivity index (χ3n) is 5.13. The first-order valence-electron chi connectivity index (χ1n) is 9.55. The molecule has 0 atom stereocenters. The minimum atomic E-state index is -0.0396. The number of ether oxygens (including phenoxy) is 1. The Morgan fingerprint density at radius 3 is 2.45 bits per heavy atom. The summed E-state index contributed by atoms with van der Waals surface area (Å²) in [7, 11) is 0. The highest BCUT2D eigenvalue weighted by molar-refractivity contribution is 5.93. The fraction of sp³-hybridized carbons (Fsp3) is 0.174. The lowest BCUT2D eigenvalue weighted by Gasteiger charge is -2.27. The summed E-state index contributed by atoms with van der Waals surface area (Å²) < 4.78 is 11.7. The van der Waals surface area contributed by atoms with Crippen molar-refractivity contribution in [2.45, 2.75) is 0 Å². The zero-order chi connectivity index (χ0) is 19.6. The number of anilines is 1. The largest absolute Gasteiger partial charge is 0.440 e. The molecular weight excluding hydrogens is 366 g/mol. The molecule has 1 aliphatic heterocycles. The van der Waals surface area contributed by atoms with Gasteiger partial charge in [0.1, 0.15) is 11.9 Å². The molecule has 0 bridgehead atoms. The summed E-state index contributed by atoms with van der Waals surface area (Å²) in [6.45, 7) is 2.68. The number of benzene rings is 2. The SMILES string of the molecule is O=c1cc(N2CCOCC2)oc2c(-c3cccc(-c4cncnc4)c3)cccc12. The maximum absolute atomic E-state index is 12.8. The van der Waals surface area contributed by atoms with Gasteiger partial charge >= 0.3 is 0 Å². The smallest absolute Gasteiger partial charge is 0.200 e. The molecule has 0 amide bonds. The Balaban J connectivity index is 1.65. The van der Waals surface area contributed by atoms with Crippen LogP contribution in [0.4, 0.5) is 5.88 Å². The van der Waals surface area contributed by atoms with Gasteiger partial charge in [-0.15, -0.1) is 0 Å². The molecule has 0 aliphatic carbocycles. The molecule has 0 spiro atoms. The molecule has 2 aromatic carbocycles. The van der Waals surface area contributed by atoms with Crippen LogP contribution in [0.3, 0.4) is 0 Å². The van der Waals surface area contributed by atoms with Crippen molar-refractivity contribution in [3.05, 3.63) is 77.5 Å². The van der Waals surface area contributed by atoms with Gasteiger partial charge < -0.3 is 14.1 Å². The van der Waals surface area contributed by atoms with E-state index in [4.69, 9.17) is 9.15 Å². The molecule has 3 heterocycles. The van der Waals surface area contributed by atoms with Gasteiger partial charge in [0.15, 0.2) is 11.3 Å². The Bertz CT molecular complexity index is 1210. The van der Waals surface area contributed by atoms with E-state index in [1.54, 1.807) is 18.5 Å². The third kappa shape index (κ3) is 3.39. The van der Waals surface area contributed by atoms with Gasteiger partial charge in [-0.1, -0.05) is 30.3 Å². The van der Waals surface area contributed by atoms with E-state index in [0.717, 1.165) is 22.3 Å². The van der Waals surface area contributed by atoms with Crippen molar-refractivity contribution < 1.29 is 9.15 Å². The number of morpholine rings is 1. The molecule has 6 nitrogen and oxygen atoms in total. The lowest BCUT2D eigenvalue weighted by molar-refractivity contribution is 0.121. The average Bonchev–Trinajstić information content (AvgIpc) is 2.80. The summed E-state index contributed by atoms with van der Waals surface area (Å²) in [5, 5.41) is 0.577. The summed E-state index contributed by atoms with van der Waals surface area (Å²) in [4.78, 5) is 23.0. The van der Waals surface area contributed by atoms with Crippen LogP contribution >= 0.6 is 0 Å². The maximum Gasteiger partial charge on any atom is 0.200 e. The quantitative estimate of drug-likeness (QED) is 0.535. The molecule has 0 radical (unpaired) electrons. The Labute approximate surface area is 167 Å². The number of para-hydroxylation sites is 1. The number of fused-ring (bicyclic) bond motifs is 1. The van der Waals surface area contributed by atoms with Crippen LogP contribution in [0.15, 0.2) is 76.5 Å². The Kier molecular flexibility index (Phi) is 4.54. The zero-order valence-corrected chi connectivity index (χ0v) is 15.7. The van der Waals surface area contributed by atoms with Crippen LogP contribution < -0.4 is 10.3 Å². The van der Waals surface area contributed by atoms with E-state index in [9.17, 15) is 4.79 Å². The molecule has 6 heteroatoms. The molecule has 2 aromatic heterocycles. The van der Waals surface area contributed by atoms with Gasteiger partial charge in [-0.3, -0.25) is 4.79 Å². The number of aromatic nitrogens is 2. The first-order valence-corrected chi connectivity index (χ1v) is 9.55. The number of rotatable bonds is 3. The van der Waals surface area contributed by atoms with E-state index < -0.39 is 0 Å². The predicted molar refractivity (Wildman–Crippen MR) is 112 cm³/mol. The van der Waals surface area contributed by atoms with E-state index in [1.165, 1.54) is 6.33 Å². The average molecular weight is 385 g/mol. The first-order chi connectivity index (χ1) is 14.3. The number of hydrogen-bond acceptors (Lipinski definition) is 6. The van der Waals surface area contributed by atoms with Crippen LogP contribution in [-0.4, -0.2) is 36.3 Å². The zero-order valence-electron chi connectivity index (χ0n) is 15.7. The number of nitrogens with zero attached hydrogens (tertiary/aromatic N) is 3. The van der Waals surface area contributed by atoms with Crippen molar-refractivity contribution in [3.8, 4) is 22.3 Å². The maximum atomic E-state index is 12.8. The van der Waals surface area contributed by atoms with E-state index in [1.807, 2.05) is 36.4 Å². The van der Waals surface area contributed by atoms with E-state index in [-0.39, 0.29) is 5.43 Å². The standard InChI is InChI=1S/C23H19N3O3/c27-21-12-22(26-7-9-28-10-8-26)29-23-19(5-2-6-20(21)23)17-4-1-3-16(11-17)18-13-24-15-25-14-18/h1-6,11-15H,7-10H2. The van der Waals surface area contributed by atoms with Gasteiger partial charge in [0.2, 0.25) is 0 Å². The van der Waals surface area contributed by atoms with E-state index in [0.29, 0.717) is 43.2 Å². The van der Waals surface area contributed by atoms with Gasteiger partial charge in [0.25, 0.3) is 0 Å². The van der Waals surface area contributed by atoms with Gasteiger partial charge in [0.05, 0.1) is 18.6 Å². The van der Waals surface area contributed by atoms with Crippen LogP contribution in [-0.2, 0) is 4.74 Å². The third-order valence-corrected chi connectivity index (χ3v) is 5.13. The topological polar surface area (TPSA) is 68.5 Å². The summed E-state index contributed by atoms with van der Waals surface area (Å²) in [6, 6.07) is 15.3. The van der Waals surface area contributed by atoms with Crippen molar-refractivity contribution in [2.75, 3.05) is 31.2 Å². The molecule has 1 fully saturated rings. The molecule has 29 heavy (non-hydrogen) atoms. The molecule has 0 unspecified atom stereocenters. The summed E-state index contributed by atoms with van der Waals surface area (Å²) in [5.41, 5.74) is 4.36. The molecule has 1 aliphatic rings. The number of hydrogen-bond donors (Lipinski definition) is 0. The van der Waals surface area contributed by atoms with Crippen LogP contribution in [0.2, 0.25) is 0 Å². The predicted octanol–water partition coefficient (Wildman–Crippen LogP) is 3.75. The molecule has 1 saturated heterocycles. The lowest BCUT2D eigenvalue weighted by atomic mass is 9.99. The first kappa shape index (κ1) is 17.6. The monoisotopic (exact) mass is 385 g/mol. The van der Waals surface area contributed by atoms with Crippen molar-refractivity contribution in [1.29, 1.82) is 0 Å². The van der Waals surface area contributed by atoms with Crippen molar-refractivity contribution in [1.82, 2.24) is 9.97 Å². The van der Waals surface area contributed by atoms with E-state index >= 15 is 0 Å². The Hall–Kier alpha value is -3.51. The molecule has 4 aromatic rings.